The van der Waals surface area contributed by atoms with E-state index in [4.69, 9.17) is 17.3 Å². The van der Waals surface area contributed by atoms with Crippen LogP contribution < -0.4 is 10.6 Å². The Labute approximate surface area is 169 Å². The average molecular weight is 396 g/mol. The van der Waals surface area contributed by atoms with E-state index in [1.165, 1.54) is 5.69 Å². The number of nitrogens with two attached hydrogens (primary N) is 1. The van der Waals surface area contributed by atoms with Crippen LogP contribution in [0.5, 0.6) is 0 Å². The third-order valence-electron chi connectivity index (χ3n) is 4.83. The molecule has 144 valence electrons. The van der Waals surface area contributed by atoms with Gasteiger partial charge in [-0.3, -0.25) is 4.57 Å². The summed E-state index contributed by atoms with van der Waals surface area (Å²) in [4.78, 5) is 8.98. The van der Waals surface area contributed by atoms with E-state index in [1.54, 1.807) is 6.33 Å². The molecule has 0 atom stereocenters. The highest BCUT2D eigenvalue weighted by Crippen LogP contribution is 2.19. The second-order valence-electron chi connectivity index (χ2n) is 6.58. The number of hydrogen-bond acceptors (Lipinski definition) is 4. The number of guanidine groups is 1. The van der Waals surface area contributed by atoms with Crippen molar-refractivity contribution in [2.45, 2.75) is 6.54 Å². The monoisotopic (exact) mass is 395 g/mol. The van der Waals surface area contributed by atoms with Gasteiger partial charge in [-0.15, -0.1) is 10.2 Å². The Morgan fingerprint density at radius 2 is 1.68 bits per heavy atom. The Morgan fingerprint density at radius 3 is 2.39 bits per heavy atom. The smallest absolute Gasteiger partial charge is 0.191 e. The summed E-state index contributed by atoms with van der Waals surface area (Å²) in [5.74, 6) is 1.30. The van der Waals surface area contributed by atoms with E-state index in [0.717, 1.165) is 42.7 Å². The van der Waals surface area contributed by atoms with Crippen molar-refractivity contribution in [3.63, 3.8) is 0 Å². The highest BCUT2D eigenvalue weighted by Gasteiger charge is 2.18. The lowest BCUT2D eigenvalue weighted by atomic mass is 10.2. The number of halogens is 1. The maximum Gasteiger partial charge on any atom is 0.191 e. The Morgan fingerprint density at radius 1 is 0.964 bits per heavy atom. The van der Waals surface area contributed by atoms with Crippen LogP contribution in [0, 0.1) is 0 Å². The predicted octanol–water partition coefficient (Wildman–Crippen LogP) is 2.56. The number of anilines is 1. The highest BCUT2D eigenvalue weighted by atomic mass is 35.5. The summed E-state index contributed by atoms with van der Waals surface area (Å²) >= 11 is 5.97. The number of para-hydroxylation sites is 1. The van der Waals surface area contributed by atoms with Crippen LogP contribution in [0.3, 0.4) is 0 Å². The first-order valence-electron chi connectivity index (χ1n) is 9.20. The molecule has 0 unspecified atom stereocenters. The molecule has 2 N–H and O–H groups in total. The fourth-order valence-electron chi connectivity index (χ4n) is 3.27. The minimum Gasteiger partial charge on any atom is -0.370 e. The van der Waals surface area contributed by atoms with Crippen molar-refractivity contribution in [2.24, 2.45) is 10.7 Å². The number of piperazine rings is 1. The summed E-state index contributed by atoms with van der Waals surface area (Å²) in [7, 11) is 0. The van der Waals surface area contributed by atoms with Gasteiger partial charge < -0.3 is 15.5 Å². The van der Waals surface area contributed by atoms with Crippen LogP contribution in [0.1, 0.15) is 5.82 Å². The van der Waals surface area contributed by atoms with E-state index in [2.05, 4.69) is 25.0 Å². The van der Waals surface area contributed by atoms with Crippen LogP contribution in [0.25, 0.3) is 5.69 Å². The Hall–Kier alpha value is -3.06. The number of hydrogen-bond donors (Lipinski definition) is 1. The molecule has 0 bridgehead atoms. The summed E-state index contributed by atoms with van der Waals surface area (Å²) in [5.41, 5.74) is 8.42. The van der Waals surface area contributed by atoms with Gasteiger partial charge in [0.1, 0.15) is 12.9 Å². The van der Waals surface area contributed by atoms with E-state index in [0.29, 0.717) is 12.5 Å². The lowest BCUT2D eigenvalue weighted by Crippen LogP contribution is -2.51. The van der Waals surface area contributed by atoms with E-state index < -0.39 is 0 Å². The molecule has 0 spiro atoms. The topological polar surface area (TPSA) is 75.6 Å². The summed E-state index contributed by atoms with van der Waals surface area (Å²) in [6, 6.07) is 17.9. The largest absolute Gasteiger partial charge is 0.370 e. The molecular formula is C20H22ClN7. The minimum absolute atomic E-state index is 0.387. The zero-order valence-corrected chi connectivity index (χ0v) is 16.2. The molecule has 28 heavy (non-hydrogen) atoms. The lowest BCUT2D eigenvalue weighted by molar-refractivity contribution is 0.380. The first-order chi connectivity index (χ1) is 13.7. The van der Waals surface area contributed by atoms with Crippen molar-refractivity contribution in [1.82, 2.24) is 19.7 Å². The van der Waals surface area contributed by atoms with Gasteiger partial charge in [0.2, 0.25) is 0 Å². The van der Waals surface area contributed by atoms with Crippen molar-refractivity contribution >= 4 is 23.2 Å². The first kappa shape index (κ1) is 18.3. The zero-order valence-electron chi connectivity index (χ0n) is 15.4. The molecule has 2 heterocycles. The van der Waals surface area contributed by atoms with Crippen molar-refractivity contribution in [1.29, 1.82) is 0 Å². The fourth-order valence-corrected chi connectivity index (χ4v) is 3.39. The van der Waals surface area contributed by atoms with E-state index in [1.807, 2.05) is 59.2 Å². The molecule has 0 radical (unpaired) electrons. The van der Waals surface area contributed by atoms with Crippen molar-refractivity contribution in [3.05, 3.63) is 71.8 Å². The maximum atomic E-state index is 6.24. The fraction of sp³-hybridized carbons (Fsp3) is 0.250. The van der Waals surface area contributed by atoms with E-state index >= 15 is 0 Å². The summed E-state index contributed by atoms with van der Waals surface area (Å²) < 4.78 is 1.93. The molecule has 2 aromatic carbocycles. The van der Waals surface area contributed by atoms with Crippen LogP contribution in [0.2, 0.25) is 5.02 Å². The normalized spacial score (nSPS) is 15.1. The summed E-state index contributed by atoms with van der Waals surface area (Å²) in [6.45, 7) is 3.81. The minimum atomic E-state index is 0.387. The predicted molar refractivity (Wildman–Crippen MR) is 112 cm³/mol. The standard InChI is InChI=1S/C20H22ClN7/c21-16-6-8-17(9-7-16)26-10-12-27(13-11-26)20(22)23-14-19-25-24-15-28(19)18-4-2-1-3-5-18/h1-9,15H,10-14H2,(H2,22,23). The van der Waals surface area contributed by atoms with Crippen LogP contribution >= 0.6 is 11.6 Å². The number of rotatable bonds is 4. The molecule has 3 aromatic rings. The van der Waals surface area contributed by atoms with E-state index in [-0.39, 0.29) is 0 Å². The van der Waals surface area contributed by atoms with Crippen LogP contribution in [-0.2, 0) is 6.54 Å². The van der Waals surface area contributed by atoms with Crippen molar-refractivity contribution < 1.29 is 0 Å². The van der Waals surface area contributed by atoms with Gasteiger partial charge in [0.15, 0.2) is 11.8 Å². The zero-order chi connectivity index (χ0) is 19.3. The molecule has 1 fully saturated rings. The van der Waals surface area contributed by atoms with Crippen LogP contribution in [0.4, 0.5) is 5.69 Å². The molecule has 7 nitrogen and oxygen atoms in total. The van der Waals surface area contributed by atoms with Crippen LogP contribution in [0.15, 0.2) is 65.9 Å². The van der Waals surface area contributed by atoms with E-state index in [9.17, 15) is 0 Å². The number of nitrogens with zero attached hydrogens (tertiary/aromatic N) is 6. The molecule has 0 amide bonds. The third-order valence-corrected chi connectivity index (χ3v) is 5.08. The quantitative estimate of drug-likeness (QED) is 0.542. The molecule has 1 aromatic heterocycles. The summed E-state index contributed by atoms with van der Waals surface area (Å²) in [6.07, 6.45) is 1.70. The van der Waals surface area contributed by atoms with Gasteiger partial charge in [0, 0.05) is 42.6 Å². The lowest BCUT2D eigenvalue weighted by Gasteiger charge is -2.36. The van der Waals surface area contributed by atoms with Gasteiger partial charge in [-0.1, -0.05) is 29.8 Å². The molecule has 0 aliphatic carbocycles. The Kier molecular flexibility index (Phi) is 5.43. The van der Waals surface area contributed by atoms with Gasteiger partial charge in [-0.25, -0.2) is 4.99 Å². The number of benzene rings is 2. The molecule has 1 saturated heterocycles. The van der Waals surface area contributed by atoms with Gasteiger partial charge in [-0.2, -0.15) is 0 Å². The second-order valence-corrected chi connectivity index (χ2v) is 7.01. The van der Waals surface area contributed by atoms with Gasteiger partial charge in [0.25, 0.3) is 0 Å². The first-order valence-corrected chi connectivity index (χ1v) is 9.58. The summed E-state index contributed by atoms with van der Waals surface area (Å²) in [5, 5.41) is 8.95. The van der Waals surface area contributed by atoms with Gasteiger partial charge in [-0.05, 0) is 36.4 Å². The molecule has 4 rings (SSSR count). The third kappa shape index (κ3) is 4.09. The molecule has 8 heteroatoms. The Bertz CT molecular complexity index is 929. The Balaban J connectivity index is 1.37. The molecule has 1 aliphatic heterocycles. The molecule has 1 aliphatic rings. The molecule has 0 saturated carbocycles. The van der Waals surface area contributed by atoms with Crippen molar-refractivity contribution in [2.75, 3.05) is 31.1 Å². The average Bonchev–Trinajstić information content (AvgIpc) is 3.22. The van der Waals surface area contributed by atoms with Crippen molar-refractivity contribution in [3.8, 4) is 5.69 Å². The van der Waals surface area contributed by atoms with Gasteiger partial charge in [0.05, 0.1) is 0 Å². The van der Waals surface area contributed by atoms with Crippen LogP contribution in [-0.4, -0.2) is 51.8 Å². The SMILES string of the molecule is NC(=NCc1nncn1-c1ccccc1)N1CCN(c2ccc(Cl)cc2)CC1. The number of aromatic nitrogens is 3. The molecular weight excluding hydrogens is 374 g/mol. The number of aliphatic imine (C=N–C) groups is 1. The maximum absolute atomic E-state index is 6.24. The second kappa shape index (κ2) is 8.31. The van der Waals surface area contributed by atoms with Gasteiger partial charge >= 0.3 is 0 Å². The highest BCUT2D eigenvalue weighted by molar-refractivity contribution is 6.30.